The number of esters is 1. The van der Waals surface area contributed by atoms with Crippen LogP contribution >= 0.6 is 23.2 Å². The van der Waals surface area contributed by atoms with E-state index in [1.165, 1.54) is 18.2 Å². The van der Waals surface area contributed by atoms with Gasteiger partial charge in [0.25, 0.3) is 5.69 Å². The number of hydrogen-bond donors (Lipinski definition) is 0. The minimum absolute atomic E-state index is 0.0283. The second-order valence-corrected chi connectivity index (χ2v) is 7.25. The molecule has 0 fully saturated rings. The van der Waals surface area contributed by atoms with E-state index < -0.39 is 45.9 Å². The summed E-state index contributed by atoms with van der Waals surface area (Å²) < 4.78 is 11.4. The SMILES string of the molecule is COC(=O)Cn1c(=O)n(C)c(=O)n(-c2cc(Oc3cccc(Cl)c3Cl)ccc2[N+](=O)[O-])c1=O. The molecule has 0 amide bonds. The van der Waals surface area contributed by atoms with Gasteiger partial charge in [-0.1, -0.05) is 29.3 Å². The standard InChI is InChI=1S/C19H14Cl2N4O8/c1-22-17(27)23(9-15(26)32-2)19(29)24(18(22)28)13-8-10(6-7-12(13)25(30)31)33-14-5-3-4-11(20)16(14)21/h3-8H,9H2,1-2H3. The number of carbonyl (C=O) groups excluding carboxylic acids is 1. The smallest absolute Gasteiger partial charge is 0.341 e. The normalized spacial score (nSPS) is 10.7. The maximum absolute atomic E-state index is 13.0. The van der Waals surface area contributed by atoms with Gasteiger partial charge in [-0.05, 0) is 18.2 Å². The quantitative estimate of drug-likeness (QED) is 0.285. The second-order valence-electron chi connectivity index (χ2n) is 6.47. The molecule has 0 radical (unpaired) electrons. The number of hydrogen-bond acceptors (Lipinski definition) is 8. The molecule has 14 heteroatoms. The number of benzene rings is 2. The number of aromatic nitrogens is 3. The highest BCUT2D eigenvalue weighted by atomic mass is 35.5. The molecule has 1 heterocycles. The highest BCUT2D eigenvalue weighted by Crippen LogP contribution is 2.36. The molecular weight excluding hydrogens is 483 g/mol. The van der Waals surface area contributed by atoms with Crippen molar-refractivity contribution in [3.63, 3.8) is 0 Å². The number of methoxy groups -OCH3 is 1. The Morgan fingerprint density at radius 3 is 2.42 bits per heavy atom. The Kier molecular flexibility index (Phi) is 6.70. The Balaban J connectivity index is 2.28. The molecule has 3 rings (SSSR count). The van der Waals surface area contributed by atoms with Gasteiger partial charge in [0, 0.05) is 19.2 Å². The zero-order valence-electron chi connectivity index (χ0n) is 17.0. The van der Waals surface area contributed by atoms with Gasteiger partial charge in [0.1, 0.15) is 28.8 Å². The van der Waals surface area contributed by atoms with Crippen LogP contribution in [0.15, 0.2) is 50.8 Å². The molecule has 0 aliphatic heterocycles. The van der Waals surface area contributed by atoms with Gasteiger partial charge in [0.05, 0.1) is 17.1 Å². The number of halogens is 2. The summed E-state index contributed by atoms with van der Waals surface area (Å²) in [5, 5.41) is 11.9. The summed E-state index contributed by atoms with van der Waals surface area (Å²) in [6.07, 6.45) is 0. The minimum Gasteiger partial charge on any atom is -0.468 e. The lowest BCUT2D eigenvalue weighted by atomic mass is 10.2. The van der Waals surface area contributed by atoms with Gasteiger partial charge in [0.2, 0.25) is 0 Å². The number of nitro groups is 1. The fourth-order valence-corrected chi connectivity index (χ4v) is 3.15. The van der Waals surface area contributed by atoms with Gasteiger partial charge in [-0.15, -0.1) is 0 Å². The van der Waals surface area contributed by atoms with Crippen LogP contribution in [0.1, 0.15) is 0 Å². The highest BCUT2D eigenvalue weighted by Gasteiger charge is 2.24. The van der Waals surface area contributed by atoms with E-state index in [-0.39, 0.29) is 21.5 Å². The molecule has 1 aromatic heterocycles. The first-order chi connectivity index (χ1) is 15.6. The maximum Gasteiger partial charge on any atom is 0.341 e. The van der Waals surface area contributed by atoms with Crippen molar-refractivity contribution in [1.82, 2.24) is 13.7 Å². The van der Waals surface area contributed by atoms with Gasteiger partial charge in [-0.3, -0.25) is 14.9 Å². The molecule has 0 unspecified atom stereocenters. The van der Waals surface area contributed by atoms with E-state index in [0.29, 0.717) is 13.7 Å². The van der Waals surface area contributed by atoms with Crippen LogP contribution in [0.4, 0.5) is 5.69 Å². The van der Waals surface area contributed by atoms with Crippen molar-refractivity contribution in [3.8, 4) is 17.2 Å². The largest absolute Gasteiger partial charge is 0.468 e. The third-order valence-corrected chi connectivity index (χ3v) is 5.26. The lowest BCUT2D eigenvalue weighted by Crippen LogP contribution is -2.53. The van der Waals surface area contributed by atoms with Crippen molar-refractivity contribution >= 4 is 34.9 Å². The summed E-state index contributed by atoms with van der Waals surface area (Å²) in [6, 6.07) is 7.83. The lowest BCUT2D eigenvalue weighted by Gasteiger charge is -2.13. The van der Waals surface area contributed by atoms with Crippen LogP contribution in [0.5, 0.6) is 11.5 Å². The van der Waals surface area contributed by atoms with E-state index in [1.54, 1.807) is 6.07 Å². The molecule has 0 saturated heterocycles. The van der Waals surface area contributed by atoms with Crippen LogP contribution in [0.25, 0.3) is 5.69 Å². The number of nitrogens with zero attached hydrogens (tertiary/aromatic N) is 4. The first-order valence-corrected chi connectivity index (χ1v) is 9.72. The predicted molar refractivity (Wildman–Crippen MR) is 117 cm³/mol. The summed E-state index contributed by atoms with van der Waals surface area (Å²) in [4.78, 5) is 60.5. The summed E-state index contributed by atoms with van der Waals surface area (Å²) in [6.45, 7) is -0.815. The van der Waals surface area contributed by atoms with Crippen LogP contribution in [0.2, 0.25) is 10.0 Å². The van der Waals surface area contributed by atoms with Crippen molar-refractivity contribution in [3.05, 3.63) is 88.0 Å². The van der Waals surface area contributed by atoms with E-state index in [1.807, 2.05) is 0 Å². The molecule has 2 aromatic carbocycles. The number of nitro benzene ring substituents is 1. The fraction of sp³-hybridized carbons (Fsp3) is 0.158. The van der Waals surface area contributed by atoms with Crippen molar-refractivity contribution in [1.29, 1.82) is 0 Å². The molecule has 0 saturated carbocycles. The van der Waals surface area contributed by atoms with E-state index in [4.69, 9.17) is 27.9 Å². The van der Waals surface area contributed by atoms with E-state index in [9.17, 15) is 29.3 Å². The summed E-state index contributed by atoms with van der Waals surface area (Å²) in [7, 11) is 2.09. The molecule has 3 aromatic rings. The zero-order chi connectivity index (χ0) is 24.4. The molecule has 0 aliphatic rings. The third kappa shape index (κ3) is 4.52. The summed E-state index contributed by atoms with van der Waals surface area (Å²) in [5.41, 5.74) is -4.70. The van der Waals surface area contributed by atoms with Crippen LogP contribution in [0.3, 0.4) is 0 Å². The molecule has 0 spiro atoms. The van der Waals surface area contributed by atoms with Crippen molar-refractivity contribution < 1.29 is 19.2 Å². The van der Waals surface area contributed by atoms with Gasteiger partial charge < -0.3 is 9.47 Å². The number of ether oxygens (including phenoxy) is 2. The average Bonchev–Trinajstić information content (AvgIpc) is 2.78. The monoisotopic (exact) mass is 496 g/mol. The second kappa shape index (κ2) is 9.30. The Labute approximate surface area is 193 Å². The molecule has 33 heavy (non-hydrogen) atoms. The number of carbonyl (C=O) groups is 1. The Morgan fingerprint density at radius 1 is 1.09 bits per heavy atom. The van der Waals surface area contributed by atoms with Gasteiger partial charge in [0.15, 0.2) is 0 Å². The van der Waals surface area contributed by atoms with Crippen molar-refractivity contribution in [2.75, 3.05) is 7.11 Å². The molecule has 0 aliphatic carbocycles. The lowest BCUT2D eigenvalue weighted by molar-refractivity contribution is -0.384. The fourth-order valence-electron chi connectivity index (χ4n) is 2.82. The third-order valence-electron chi connectivity index (χ3n) is 4.46. The molecule has 0 N–H and O–H groups in total. The van der Waals surface area contributed by atoms with Crippen LogP contribution in [-0.2, 0) is 23.1 Å². The molecule has 0 bridgehead atoms. The van der Waals surface area contributed by atoms with Gasteiger partial charge in [-0.2, -0.15) is 0 Å². The average molecular weight is 497 g/mol. The Hall–Kier alpha value is -3.90. The first kappa shape index (κ1) is 23.8. The van der Waals surface area contributed by atoms with E-state index in [2.05, 4.69) is 4.74 Å². The topological polar surface area (TPSA) is 145 Å². The van der Waals surface area contributed by atoms with Crippen LogP contribution < -0.4 is 21.8 Å². The molecule has 0 atom stereocenters. The summed E-state index contributed by atoms with van der Waals surface area (Å²) >= 11 is 12.1. The van der Waals surface area contributed by atoms with Crippen LogP contribution in [-0.4, -0.2) is 31.7 Å². The summed E-state index contributed by atoms with van der Waals surface area (Å²) in [5.74, 6) is -0.860. The molecular formula is C19H14Cl2N4O8. The zero-order valence-corrected chi connectivity index (χ0v) is 18.5. The van der Waals surface area contributed by atoms with Crippen LogP contribution in [0, 0.1) is 10.1 Å². The van der Waals surface area contributed by atoms with E-state index in [0.717, 1.165) is 26.3 Å². The van der Waals surface area contributed by atoms with Crippen molar-refractivity contribution in [2.45, 2.75) is 6.54 Å². The Morgan fingerprint density at radius 2 is 1.79 bits per heavy atom. The predicted octanol–water partition coefficient (Wildman–Crippen LogP) is 1.88. The Bertz CT molecular complexity index is 1460. The minimum atomic E-state index is -1.28. The van der Waals surface area contributed by atoms with Gasteiger partial charge in [-0.25, -0.2) is 28.1 Å². The maximum atomic E-state index is 13.0. The first-order valence-electron chi connectivity index (χ1n) is 8.97. The molecule has 12 nitrogen and oxygen atoms in total. The van der Waals surface area contributed by atoms with E-state index >= 15 is 0 Å². The highest BCUT2D eigenvalue weighted by molar-refractivity contribution is 6.42. The number of rotatable bonds is 6. The van der Waals surface area contributed by atoms with Crippen molar-refractivity contribution in [2.24, 2.45) is 7.05 Å². The van der Waals surface area contributed by atoms with Gasteiger partial charge >= 0.3 is 23.0 Å². The molecule has 172 valence electrons.